The lowest BCUT2D eigenvalue weighted by Crippen LogP contribution is -2.50. The Labute approximate surface area is 467 Å². The number of nitrogen functional groups attached to an aromatic ring is 1. The van der Waals surface area contributed by atoms with Crippen LogP contribution in [0.5, 0.6) is 0 Å². The van der Waals surface area contributed by atoms with Crippen LogP contribution in [-0.4, -0.2) is 94.3 Å². The molecular formula is C50H47F17N10O8. The number of anilines is 2. The molecule has 0 saturated heterocycles. The number of hydrogen-bond donors (Lipinski definition) is 3. The van der Waals surface area contributed by atoms with Crippen molar-refractivity contribution in [1.82, 2.24) is 40.0 Å². The summed E-state index contributed by atoms with van der Waals surface area (Å²) in [6.07, 6.45) is -18.9. The molecule has 85 heavy (non-hydrogen) atoms. The molecule has 0 atom stereocenters. The minimum atomic E-state index is -6.61. The van der Waals surface area contributed by atoms with Gasteiger partial charge in [0, 0.05) is 35.0 Å². The molecule has 35 heteroatoms. The molecule has 464 valence electrons. The zero-order valence-corrected chi connectivity index (χ0v) is 45.0. The Hall–Kier alpha value is -8.56. The lowest BCUT2D eigenvalue weighted by molar-refractivity contribution is -0.364. The van der Waals surface area contributed by atoms with Crippen molar-refractivity contribution < 1.29 is 108 Å². The van der Waals surface area contributed by atoms with E-state index in [4.69, 9.17) is 15.2 Å². The number of rotatable bonds is 15. The van der Waals surface area contributed by atoms with Gasteiger partial charge < -0.3 is 34.9 Å². The summed E-state index contributed by atoms with van der Waals surface area (Å²) in [6, 6.07) is 12.3. The van der Waals surface area contributed by atoms with Crippen LogP contribution in [0, 0.1) is 0 Å². The molecule has 18 nitrogen and oxygen atoms in total. The third kappa shape index (κ3) is 16.0. The largest absolute Gasteiger partial charge is 0.460 e. The summed E-state index contributed by atoms with van der Waals surface area (Å²) in [5.41, 5.74) is 1.75. The summed E-state index contributed by atoms with van der Waals surface area (Å²) in [7, 11) is 0. The molecule has 0 saturated carbocycles. The summed E-state index contributed by atoms with van der Waals surface area (Å²) in [4.78, 5) is 62.0. The van der Waals surface area contributed by atoms with E-state index >= 15 is 0 Å². The van der Waals surface area contributed by atoms with Crippen molar-refractivity contribution in [3.05, 3.63) is 112 Å². The average Bonchev–Trinajstić information content (AvgIpc) is 1.88. The van der Waals surface area contributed by atoms with E-state index in [1.54, 1.807) is 55.4 Å². The Morgan fingerprint density at radius 1 is 0.635 bits per heavy atom. The van der Waals surface area contributed by atoms with E-state index in [-0.39, 0.29) is 53.0 Å². The van der Waals surface area contributed by atoms with Crippen molar-refractivity contribution in [1.29, 1.82) is 0 Å². The minimum Gasteiger partial charge on any atom is -0.443 e. The summed E-state index contributed by atoms with van der Waals surface area (Å²) >= 11 is 0. The van der Waals surface area contributed by atoms with Gasteiger partial charge in [-0.3, -0.25) is 14.2 Å². The van der Waals surface area contributed by atoms with Crippen LogP contribution in [0.2, 0.25) is 0 Å². The molecule has 6 rings (SSSR count). The number of alkyl halides is 17. The van der Waals surface area contributed by atoms with E-state index in [1.807, 2.05) is 0 Å². The fraction of sp³-hybridized carbons (Fsp3) is 0.420. The van der Waals surface area contributed by atoms with Gasteiger partial charge in [-0.15, -0.1) is 0 Å². The maximum Gasteiger partial charge on any atom is 0.460 e. The molecule has 0 fully saturated rings. The highest BCUT2D eigenvalue weighted by molar-refractivity contribution is 5.88. The van der Waals surface area contributed by atoms with E-state index in [9.17, 15) is 93.8 Å². The monoisotopic (exact) mass is 1240 g/mol. The number of carbonyl (C=O) groups excluding carboxylic acids is 3. The minimum absolute atomic E-state index is 0.0917. The SMILES string of the molecule is CC(C)(C)OC(=O)N(Cc1ccc(-c2noc(C(F)(F)C(F)(F)C(F)(F)F)n2)cc1)C(=O)OC(C)(C)C.CC(C)Nc1ncc(-c2cc(N)cc(C(F)(F)F)c2)n(CC(=O)NCc2ccc(-c3noc(C(F)(F)C(F)(F)C(F)(F)F)n3)cc2)c1=O. The zero-order chi connectivity index (χ0) is 64.4. The molecule has 3 aromatic carbocycles. The smallest absolute Gasteiger partial charge is 0.443 e. The third-order valence-corrected chi connectivity index (χ3v) is 10.7. The van der Waals surface area contributed by atoms with E-state index in [2.05, 4.69) is 44.9 Å². The maximum atomic E-state index is 13.9. The van der Waals surface area contributed by atoms with Crippen molar-refractivity contribution in [2.75, 3.05) is 11.1 Å². The number of amides is 3. The molecule has 4 N–H and O–H groups in total. The summed E-state index contributed by atoms with van der Waals surface area (Å²) in [6.45, 7) is 11.7. The summed E-state index contributed by atoms with van der Waals surface area (Å²) in [5, 5.41) is 11.4. The molecule has 0 spiro atoms. The summed E-state index contributed by atoms with van der Waals surface area (Å²) in [5.74, 6) is -31.5. The number of carbonyl (C=O) groups is 3. The normalized spacial score (nSPS) is 13.0. The van der Waals surface area contributed by atoms with Gasteiger partial charge in [0.25, 0.3) is 5.56 Å². The number of imide groups is 1. The fourth-order valence-corrected chi connectivity index (χ4v) is 6.72. The Morgan fingerprint density at radius 3 is 1.47 bits per heavy atom. The second kappa shape index (κ2) is 24.2. The van der Waals surface area contributed by atoms with Crippen LogP contribution >= 0.6 is 0 Å². The first kappa shape index (κ1) is 67.2. The van der Waals surface area contributed by atoms with Crippen LogP contribution < -0.4 is 21.9 Å². The number of benzene rings is 3. The molecule has 3 aromatic heterocycles. The fourth-order valence-electron chi connectivity index (χ4n) is 6.72. The number of aromatic nitrogens is 6. The molecule has 0 radical (unpaired) electrons. The van der Waals surface area contributed by atoms with E-state index in [1.165, 1.54) is 54.6 Å². The number of ether oxygens (including phenoxy) is 2. The van der Waals surface area contributed by atoms with Crippen molar-refractivity contribution in [2.24, 2.45) is 0 Å². The van der Waals surface area contributed by atoms with Gasteiger partial charge in [-0.1, -0.05) is 58.8 Å². The second-order valence-corrected chi connectivity index (χ2v) is 20.4. The van der Waals surface area contributed by atoms with Gasteiger partial charge in [0.15, 0.2) is 5.82 Å². The third-order valence-electron chi connectivity index (χ3n) is 10.7. The van der Waals surface area contributed by atoms with Crippen molar-refractivity contribution in [2.45, 2.75) is 134 Å². The second-order valence-electron chi connectivity index (χ2n) is 20.4. The van der Waals surface area contributed by atoms with Crippen molar-refractivity contribution in [3.63, 3.8) is 0 Å². The van der Waals surface area contributed by atoms with Gasteiger partial charge in [-0.2, -0.15) is 84.6 Å². The molecule has 0 aliphatic carbocycles. The highest BCUT2D eigenvalue weighted by atomic mass is 19.4. The van der Waals surface area contributed by atoms with Gasteiger partial charge in [0.1, 0.15) is 17.7 Å². The van der Waals surface area contributed by atoms with Gasteiger partial charge in [0.2, 0.25) is 17.6 Å². The lowest BCUT2D eigenvalue weighted by Gasteiger charge is -2.28. The van der Waals surface area contributed by atoms with E-state index < -0.39 is 113 Å². The number of nitrogens with one attached hydrogen (secondary N) is 2. The molecular weight excluding hydrogens is 1190 g/mol. The van der Waals surface area contributed by atoms with Crippen LogP contribution in [-0.2, 0) is 51.9 Å². The van der Waals surface area contributed by atoms with Crippen LogP contribution in [0.4, 0.5) is 95.7 Å². The Balaban J connectivity index is 0.000000322. The predicted molar refractivity (Wildman–Crippen MR) is 261 cm³/mol. The van der Waals surface area contributed by atoms with Crippen LogP contribution in [0.3, 0.4) is 0 Å². The zero-order valence-electron chi connectivity index (χ0n) is 45.0. The first-order valence-corrected chi connectivity index (χ1v) is 24.0. The highest BCUT2D eigenvalue weighted by Crippen LogP contribution is 2.53. The number of hydrogen-bond acceptors (Lipinski definition) is 15. The molecule has 3 amide bonds. The van der Waals surface area contributed by atoms with E-state index in [0.717, 1.165) is 16.8 Å². The standard InChI is InChI=1S/C28H23F10N7O3.C22H24F7N3O5/c1-13(2)42-22-23(47)45(19(11-41-22)16-7-17(26(31,32)33)9-18(39)8-16)12-20(46)40-10-14-3-5-15(6-4-14)21-43-24(48-44-21)25(29,30)27(34,35)28(36,37)38;1-18(2,3)35-16(33)32(17(34)36-19(4,5)6)11-12-7-9-13(10-8-12)14-30-15(37-31-14)20(23,24)21(25,26)22(27,28)29/h3-9,11,13H,10,12,39H2,1-2H3,(H,40,46)(H,41,42);7-10H,11H2,1-6H3. The number of halogens is 17. The Kier molecular flexibility index (Phi) is 19.1. The topological polar surface area (TPSA) is 236 Å². The number of nitrogens with two attached hydrogens (primary N) is 1. The molecule has 6 aromatic rings. The maximum absolute atomic E-state index is 13.9. The molecule has 0 bridgehead atoms. The summed E-state index contributed by atoms with van der Waals surface area (Å²) < 4.78 is 243. The first-order chi connectivity index (χ1) is 38.7. The average molecular weight is 1240 g/mol. The predicted octanol–water partition coefficient (Wildman–Crippen LogP) is 12.7. The molecule has 0 aliphatic rings. The lowest BCUT2D eigenvalue weighted by atomic mass is 10.1. The van der Waals surface area contributed by atoms with Crippen molar-refractivity contribution in [3.8, 4) is 34.0 Å². The van der Waals surface area contributed by atoms with Crippen LogP contribution in [0.15, 0.2) is 86.8 Å². The Bertz CT molecular complexity index is 3370. The highest BCUT2D eigenvalue weighted by Gasteiger charge is 2.77. The Morgan fingerprint density at radius 2 is 1.07 bits per heavy atom. The van der Waals surface area contributed by atoms with Gasteiger partial charge >= 0.3 is 66.2 Å². The molecule has 0 aliphatic heterocycles. The van der Waals surface area contributed by atoms with E-state index in [0.29, 0.717) is 22.1 Å². The van der Waals surface area contributed by atoms with Crippen LogP contribution in [0.25, 0.3) is 34.0 Å². The first-order valence-electron chi connectivity index (χ1n) is 24.0. The molecule has 3 heterocycles. The van der Waals surface area contributed by atoms with Crippen molar-refractivity contribution >= 4 is 29.6 Å². The van der Waals surface area contributed by atoms with Gasteiger partial charge in [-0.25, -0.2) is 19.5 Å². The van der Waals surface area contributed by atoms with Gasteiger partial charge in [-0.05, 0) is 84.7 Å². The quantitative estimate of drug-likeness (QED) is 0.0640. The van der Waals surface area contributed by atoms with Gasteiger partial charge in [0.05, 0.1) is 24.0 Å². The molecule has 0 unspecified atom stereocenters. The van der Waals surface area contributed by atoms with Crippen LogP contribution in [0.1, 0.15) is 83.9 Å². The number of nitrogens with zero attached hydrogens (tertiary/aromatic N) is 7.